The zero-order valence-electron chi connectivity index (χ0n) is 12.3. The van der Waals surface area contributed by atoms with E-state index >= 15 is 0 Å². The second-order valence-electron chi connectivity index (χ2n) is 4.86. The van der Waals surface area contributed by atoms with Crippen LogP contribution in [0.3, 0.4) is 0 Å². The summed E-state index contributed by atoms with van der Waals surface area (Å²) in [5, 5.41) is 2.43. The summed E-state index contributed by atoms with van der Waals surface area (Å²) in [5.41, 5.74) is 8.40. The lowest BCUT2D eigenvalue weighted by molar-refractivity contribution is -0.119. The Balaban J connectivity index is 2.09. The first-order chi connectivity index (χ1) is 10.6. The van der Waals surface area contributed by atoms with Gasteiger partial charge in [0, 0.05) is 6.42 Å². The lowest BCUT2D eigenvalue weighted by Crippen LogP contribution is -2.45. The van der Waals surface area contributed by atoms with Crippen molar-refractivity contribution in [3.8, 4) is 11.1 Å². The third-order valence-corrected chi connectivity index (χ3v) is 3.32. The van der Waals surface area contributed by atoms with E-state index in [2.05, 4.69) is 10.1 Å². The number of hydrogen-bond acceptors (Lipinski definition) is 3. The van der Waals surface area contributed by atoms with Gasteiger partial charge in [-0.1, -0.05) is 54.6 Å². The van der Waals surface area contributed by atoms with Crippen molar-refractivity contribution in [2.75, 3.05) is 7.11 Å². The fourth-order valence-corrected chi connectivity index (χ4v) is 2.12. The van der Waals surface area contributed by atoms with Crippen molar-refractivity contribution in [3.63, 3.8) is 0 Å². The number of primary amides is 1. The Morgan fingerprint density at radius 3 is 2.18 bits per heavy atom. The zero-order valence-corrected chi connectivity index (χ0v) is 12.3. The molecule has 0 aromatic heterocycles. The van der Waals surface area contributed by atoms with Crippen LogP contribution in [0, 0.1) is 0 Å². The summed E-state index contributed by atoms with van der Waals surface area (Å²) in [6.07, 6.45) is -0.357. The lowest BCUT2D eigenvalue weighted by Gasteiger charge is -2.14. The van der Waals surface area contributed by atoms with E-state index in [0.717, 1.165) is 16.7 Å². The molecule has 2 aromatic rings. The first-order valence-electron chi connectivity index (χ1n) is 6.88. The van der Waals surface area contributed by atoms with Crippen molar-refractivity contribution < 1.29 is 14.3 Å². The van der Waals surface area contributed by atoms with Crippen LogP contribution in [0.15, 0.2) is 54.6 Å². The fraction of sp³-hybridized carbons (Fsp3) is 0.176. The number of carbonyl (C=O) groups excluding carboxylic acids is 2. The molecule has 0 aliphatic rings. The van der Waals surface area contributed by atoms with Gasteiger partial charge in [0.1, 0.15) is 6.04 Å². The van der Waals surface area contributed by atoms with Crippen LogP contribution in [0.25, 0.3) is 11.1 Å². The molecule has 5 heteroatoms. The number of ether oxygens (including phenoxy) is 1. The number of nitrogens with one attached hydrogen (secondary N) is 1. The third-order valence-electron chi connectivity index (χ3n) is 3.32. The molecular weight excluding hydrogens is 280 g/mol. The molecule has 114 valence electrons. The van der Waals surface area contributed by atoms with E-state index in [1.54, 1.807) is 0 Å². The maximum Gasteiger partial charge on any atom is 0.407 e. The van der Waals surface area contributed by atoms with E-state index in [4.69, 9.17) is 5.73 Å². The SMILES string of the molecule is COC(=O)N[C@@H](Cc1ccc(-c2ccccc2)cc1)C(N)=O. The Hall–Kier alpha value is -2.82. The molecule has 0 radical (unpaired) electrons. The van der Waals surface area contributed by atoms with Gasteiger partial charge in [-0.25, -0.2) is 4.79 Å². The molecule has 3 N–H and O–H groups in total. The van der Waals surface area contributed by atoms with Crippen LogP contribution < -0.4 is 11.1 Å². The Morgan fingerprint density at radius 1 is 1.05 bits per heavy atom. The number of methoxy groups -OCH3 is 1. The molecule has 0 fully saturated rings. The summed E-state index contributed by atoms with van der Waals surface area (Å²) in [7, 11) is 1.24. The van der Waals surface area contributed by atoms with Gasteiger partial charge < -0.3 is 15.8 Å². The van der Waals surface area contributed by atoms with Gasteiger partial charge in [0.15, 0.2) is 0 Å². The second kappa shape index (κ2) is 7.26. The smallest absolute Gasteiger partial charge is 0.407 e. The van der Waals surface area contributed by atoms with Crippen LogP contribution in [-0.4, -0.2) is 25.2 Å². The van der Waals surface area contributed by atoms with Crippen LogP contribution >= 0.6 is 0 Å². The number of alkyl carbamates (subject to hydrolysis) is 1. The normalized spacial score (nSPS) is 11.5. The van der Waals surface area contributed by atoms with Crippen molar-refractivity contribution in [1.82, 2.24) is 5.32 Å². The molecule has 2 amide bonds. The highest BCUT2D eigenvalue weighted by Crippen LogP contribution is 2.19. The van der Waals surface area contributed by atoms with Crippen LogP contribution in [0.4, 0.5) is 4.79 Å². The van der Waals surface area contributed by atoms with Crippen LogP contribution in [0.5, 0.6) is 0 Å². The summed E-state index contributed by atoms with van der Waals surface area (Å²) in [6, 6.07) is 17.0. The molecule has 2 rings (SSSR count). The lowest BCUT2D eigenvalue weighted by atomic mass is 10.0. The van der Waals surface area contributed by atoms with Crippen molar-refractivity contribution in [2.45, 2.75) is 12.5 Å². The van der Waals surface area contributed by atoms with Gasteiger partial charge in [0.2, 0.25) is 5.91 Å². The molecular formula is C17H18N2O3. The average molecular weight is 298 g/mol. The quantitative estimate of drug-likeness (QED) is 0.887. The molecule has 0 saturated carbocycles. The predicted molar refractivity (Wildman–Crippen MR) is 84.1 cm³/mol. The van der Waals surface area contributed by atoms with Crippen LogP contribution in [0.1, 0.15) is 5.56 Å². The number of hydrogen-bond donors (Lipinski definition) is 2. The van der Waals surface area contributed by atoms with Crippen molar-refractivity contribution in [3.05, 3.63) is 60.2 Å². The zero-order chi connectivity index (χ0) is 15.9. The molecule has 0 spiro atoms. The van der Waals surface area contributed by atoms with E-state index < -0.39 is 18.0 Å². The van der Waals surface area contributed by atoms with Crippen molar-refractivity contribution in [1.29, 1.82) is 0 Å². The Labute approximate surface area is 129 Å². The molecule has 0 unspecified atom stereocenters. The van der Waals surface area contributed by atoms with E-state index in [1.165, 1.54) is 7.11 Å². The second-order valence-corrected chi connectivity index (χ2v) is 4.86. The first kappa shape index (κ1) is 15.6. The fourth-order valence-electron chi connectivity index (χ4n) is 2.12. The maximum absolute atomic E-state index is 11.4. The monoisotopic (exact) mass is 298 g/mol. The Bertz CT molecular complexity index is 639. The number of carbonyl (C=O) groups is 2. The Morgan fingerprint density at radius 2 is 1.64 bits per heavy atom. The number of rotatable bonds is 5. The highest BCUT2D eigenvalue weighted by Gasteiger charge is 2.18. The van der Waals surface area contributed by atoms with Crippen molar-refractivity contribution in [2.24, 2.45) is 5.73 Å². The van der Waals surface area contributed by atoms with Gasteiger partial charge in [-0.3, -0.25) is 4.79 Å². The number of amides is 2. The molecule has 0 bridgehead atoms. The third kappa shape index (κ3) is 4.09. The molecule has 2 aromatic carbocycles. The van der Waals surface area contributed by atoms with Crippen LogP contribution in [-0.2, 0) is 16.0 Å². The summed E-state index contributed by atoms with van der Waals surface area (Å²) in [5.74, 6) is -0.600. The number of nitrogens with two attached hydrogens (primary N) is 1. The molecule has 0 saturated heterocycles. The summed E-state index contributed by atoms with van der Waals surface area (Å²) in [6.45, 7) is 0. The van der Waals surface area contributed by atoms with Gasteiger partial charge >= 0.3 is 6.09 Å². The number of benzene rings is 2. The minimum absolute atomic E-state index is 0.319. The molecule has 0 aliphatic carbocycles. The van der Waals surface area contributed by atoms with Gasteiger partial charge in [-0.15, -0.1) is 0 Å². The van der Waals surface area contributed by atoms with E-state index in [-0.39, 0.29) is 0 Å². The van der Waals surface area contributed by atoms with Gasteiger partial charge in [-0.05, 0) is 16.7 Å². The van der Waals surface area contributed by atoms with Gasteiger partial charge in [0.25, 0.3) is 0 Å². The van der Waals surface area contributed by atoms with E-state index in [9.17, 15) is 9.59 Å². The summed E-state index contributed by atoms with van der Waals surface area (Å²) in [4.78, 5) is 22.6. The Kier molecular flexibility index (Phi) is 5.14. The predicted octanol–water partition coefficient (Wildman–Crippen LogP) is 2.11. The average Bonchev–Trinajstić information content (AvgIpc) is 2.55. The maximum atomic E-state index is 11.4. The molecule has 0 aliphatic heterocycles. The molecule has 1 atom stereocenters. The minimum atomic E-state index is -0.796. The summed E-state index contributed by atoms with van der Waals surface area (Å²) < 4.78 is 4.49. The van der Waals surface area contributed by atoms with Gasteiger partial charge in [-0.2, -0.15) is 0 Å². The largest absolute Gasteiger partial charge is 0.453 e. The first-order valence-corrected chi connectivity index (χ1v) is 6.88. The topological polar surface area (TPSA) is 81.4 Å². The molecule has 5 nitrogen and oxygen atoms in total. The molecule has 0 heterocycles. The standard InChI is InChI=1S/C17H18N2O3/c1-22-17(21)19-15(16(18)20)11-12-7-9-14(10-8-12)13-5-3-2-4-6-13/h2-10,15H,11H2,1H3,(H2,18,20)(H,19,21)/t15-/m0/s1. The van der Waals surface area contributed by atoms with E-state index in [0.29, 0.717) is 6.42 Å². The minimum Gasteiger partial charge on any atom is -0.453 e. The molecule has 22 heavy (non-hydrogen) atoms. The summed E-state index contributed by atoms with van der Waals surface area (Å²) >= 11 is 0. The van der Waals surface area contributed by atoms with Crippen molar-refractivity contribution >= 4 is 12.0 Å². The van der Waals surface area contributed by atoms with Gasteiger partial charge in [0.05, 0.1) is 7.11 Å². The van der Waals surface area contributed by atoms with Crippen LogP contribution in [0.2, 0.25) is 0 Å². The van der Waals surface area contributed by atoms with E-state index in [1.807, 2.05) is 54.6 Å². The highest BCUT2D eigenvalue weighted by molar-refractivity contribution is 5.84. The highest BCUT2D eigenvalue weighted by atomic mass is 16.5.